The summed E-state index contributed by atoms with van der Waals surface area (Å²) in [6, 6.07) is 11.5. The van der Waals surface area contributed by atoms with Crippen LogP contribution in [0, 0.1) is 0 Å². The Labute approximate surface area is 177 Å². The molecule has 29 heavy (non-hydrogen) atoms. The minimum Gasteiger partial charge on any atom is -0.872 e. The molecule has 0 spiro atoms. The predicted octanol–water partition coefficient (Wildman–Crippen LogP) is 3.55. The van der Waals surface area contributed by atoms with Crippen LogP contribution in [0.1, 0.15) is 15.9 Å². The van der Waals surface area contributed by atoms with E-state index in [1.165, 1.54) is 6.08 Å². The van der Waals surface area contributed by atoms with E-state index < -0.39 is 36.3 Å². The van der Waals surface area contributed by atoms with Crippen LogP contribution in [0.4, 0.5) is 8.63 Å². The first-order valence-corrected chi connectivity index (χ1v) is 8.04. The Kier molecular flexibility index (Phi) is 9.58. The van der Waals surface area contributed by atoms with Gasteiger partial charge in [-0.25, -0.2) is 25.6 Å². The summed E-state index contributed by atoms with van der Waals surface area (Å²) in [6.07, 6.45) is 9.49. The minimum atomic E-state index is -3.23. The fourth-order valence-electron chi connectivity index (χ4n) is 2.21. The van der Waals surface area contributed by atoms with Crippen LogP contribution >= 0.6 is 0 Å². The maximum atomic E-state index is 12.4. The number of carboxylic acid groups (broad SMARTS) is 1. The quantitative estimate of drug-likeness (QED) is 0.422. The Bertz CT molecular complexity index is 903. The van der Waals surface area contributed by atoms with Gasteiger partial charge in [0.05, 0.1) is 0 Å². The van der Waals surface area contributed by atoms with Gasteiger partial charge in [-0.15, -0.1) is 0 Å². The summed E-state index contributed by atoms with van der Waals surface area (Å²) in [5.74, 6) is -3.60. The van der Waals surface area contributed by atoms with E-state index in [2.05, 4.69) is 4.65 Å². The molecule has 1 aliphatic rings. The zero-order chi connectivity index (χ0) is 20.5. The Balaban J connectivity index is 0.000000610. The average Bonchev–Trinajstić information content (AvgIpc) is 3.35. The summed E-state index contributed by atoms with van der Waals surface area (Å²) >= 11 is 0. The molecule has 2 aromatic carbocycles. The molecular weight excluding hydrogens is 425 g/mol. The van der Waals surface area contributed by atoms with E-state index in [4.69, 9.17) is 5.11 Å². The molecular formula is C20H15BF2FeO5. The molecule has 0 saturated carbocycles. The number of allylic oxidation sites excluding steroid dienone is 7. The van der Waals surface area contributed by atoms with Gasteiger partial charge >= 0.3 is 30.5 Å². The minimum absolute atomic E-state index is 0. The second-order valence-corrected chi connectivity index (χ2v) is 5.43. The molecule has 0 atom stereocenters. The van der Waals surface area contributed by atoms with Crippen LogP contribution in [0.3, 0.4) is 0 Å². The zero-order valence-electron chi connectivity index (χ0n) is 14.8. The van der Waals surface area contributed by atoms with Gasteiger partial charge in [-0.2, -0.15) is 18.2 Å². The van der Waals surface area contributed by atoms with Crippen LogP contribution in [0.2, 0.25) is 0 Å². The summed E-state index contributed by atoms with van der Waals surface area (Å²) in [7, 11) is -3.23. The number of carboxylic acids is 1. The van der Waals surface area contributed by atoms with Gasteiger partial charge in [0.2, 0.25) is 0 Å². The summed E-state index contributed by atoms with van der Waals surface area (Å²) < 4.78 is 29.0. The van der Waals surface area contributed by atoms with Gasteiger partial charge in [0.25, 0.3) is 0 Å². The molecule has 2 N–H and O–H groups in total. The second-order valence-electron chi connectivity index (χ2n) is 5.43. The number of halogens is 2. The van der Waals surface area contributed by atoms with Crippen molar-refractivity contribution >= 4 is 19.2 Å². The van der Waals surface area contributed by atoms with Gasteiger partial charge in [-0.1, -0.05) is 42.2 Å². The van der Waals surface area contributed by atoms with Crippen LogP contribution < -0.4 is 9.76 Å². The van der Waals surface area contributed by atoms with E-state index in [1.54, 1.807) is 24.3 Å². The van der Waals surface area contributed by atoms with Crippen molar-refractivity contribution in [3.05, 3.63) is 95.6 Å². The molecule has 0 fully saturated rings. The molecule has 150 valence electrons. The zero-order valence-corrected chi connectivity index (χ0v) is 15.9. The van der Waals surface area contributed by atoms with Crippen LogP contribution in [-0.4, -0.2) is 23.7 Å². The summed E-state index contributed by atoms with van der Waals surface area (Å²) in [6.45, 7) is 0. The van der Waals surface area contributed by atoms with E-state index in [9.17, 15) is 23.6 Å². The van der Waals surface area contributed by atoms with Gasteiger partial charge in [0.1, 0.15) is 17.1 Å². The number of hydrogen-bond donors (Lipinski definition) is 2. The number of aromatic hydroxyl groups is 1. The van der Waals surface area contributed by atoms with Gasteiger partial charge in [0, 0.05) is 11.6 Å². The summed E-state index contributed by atoms with van der Waals surface area (Å²) in [5.41, 5.74) is -0.258. The van der Waals surface area contributed by atoms with E-state index in [-0.39, 0.29) is 22.6 Å². The van der Waals surface area contributed by atoms with E-state index >= 15 is 0 Å². The summed E-state index contributed by atoms with van der Waals surface area (Å²) in [4.78, 5) is 11.0. The molecule has 0 unspecified atom stereocenters. The molecule has 1 aliphatic carbocycles. The number of carbonyl (C=O) groups is 1. The Hall–Kier alpha value is -3.16. The van der Waals surface area contributed by atoms with Gasteiger partial charge < -0.3 is 20.0 Å². The standard InChI is InChI=1S/C15H11BF2O5.C5H5.Fe/c17-16(18)23-14-8-13(20)11(15(21)22)7-10(14)12(19)6-5-9-3-1-2-4-9;1-2-4-5-3-1;/h1-8,19-20H,(H,21,22);1-5H;/q;-1;+2/p-1. The smallest absolute Gasteiger partial charge is 0.872 e. The molecule has 5 nitrogen and oxygen atoms in total. The van der Waals surface area contributed by atoms with Crippen LogP contribution in [0.5, 0.6) is 11.5 Å². The van der Waals surface area contributed by atoms with E-state index in [1.807, 2.05) is 30.3 Å². The van der Waals surface area contributed by atoms with Crippen molar-refractivity contribution in [2.75, 3.05) is 0 Å². The molecule has 0 radical (unpaired) electrons. The molecule has 9 heteroatoms. The predicted molar refractivity (Wildman–Crippen MR) is 100 cm³/mol. The van der Waals surface area contributed by atoms with Crippen molar-refractivity contribution in [2.24, 2.45) is 0 Å². The van der Waals surface area contributed by atoms with Gasteiger partial charge in [0.15, 0.2) is 0 Å². The molecule has 0 bridgehead atoms. The van der Waals surface area contributed by atoms with E-state index in [0.29, 0.717) is 11.6 Å². The fourth-order valence-corrected chi connectivity index (χ4v) is 2.21. The van der Waals surface area contributed by atoms with Crippen molar-refractivity contribution in [1.82, 2.24) is 0 Å². The Morgan fingerprint density at radius 2 is 1.76 bits per heavy atom. The molecule has 0 amide bonds. The monoisotopic (exact) mass is 440 g/mol. The largest absolute Gasteiger partial charge is 2.00 e. The van der Waals surface area contributed by atoms with Crippen molar-refractivity contribution in [3.8, 4) is 11.5 Å². The molecule has 2 aromatic rings. The Morgan fingerprint density at radius 3 is 2.24 bits per heavy atom. The molecule has 0 aromatic heterocycles. The fraction of sp³-hybridized carbons (Fsp3) is 0. The van der Waals surface area contributed by atoms with Crippen molar-refractivity contribution < 1.29 is 50.5 Å². The third-order valence-electron chi connectivity index (χ3n) is 3.48. The average molecular weight is 440 g/mol. The number of rotatable bonds is 5. The molecule has 0 saturated heterocycles. The van der Waals surface area contributed by atoms with Gasteiger partial charge in [-0.05, 0) is 11.6 Å². The van der Waals surface area contributed by atoms with Crippen molar-refractivity contribution in [2.45, 2.75) is 0 Å². The van der Waals surface area contributed by atoms with Crippen molar-refractivity contribution in [3.63, 3.8) is 0 Å². The second kappa shape index (κ2) is 11.6. The van der Waals surface area contributed by atoms with Gasteiger partial charge in [-0.3, -0.25) is 0 Å². The molecule has 3 rings (SSSR count). The number of hydrogen-bond acceptors (Lipinski definition) is 4. The first kappa shape index (κ1) is 23.9. The molecule has 0 heterocycles. The maximum Gasteiger partial charge on any atom is 2.00 e. The first-order valence-electron chi connectivity index (χ1n) is 8.04. The third-order valence-corrected chi connectivity index (χ3v) is 3.48. The van der Waals surface area contributed by atoms with Crippen molar-refractivity contribution in [1.29, 1.82) is 0 Å². The summed E-state index contributed by atoms with van der Waals surface area (Å²) in [5, 5.41) is 30.6. The third kappa shape index (κ3) is 7.40. The molecule has 0 aliphatic heterocycles. The maximum absolute atomic E-state index is 12.4. The normalized spacial score (nSPS) is 11.9. The Morgan fingerprint density at radius 1 is 1.14 bits per heavy atom. The van der Waals surface area contributed by atoms with Crippen LogP contribution in [-0.2, 0) is 17.1 Å². The number of phenols is 1. The topological polar surface area (TPSA) is 89.8 Å². The van der Waals surface area contributed by atoms with E-state index in [0.717, 1.165) is 12.1 Å². The number of benzene rings is 1. The SMILES string of the molecule is O=C(O)c1cc(C([O-])=CC=C2C=CC=C2)c(OB(F)F)cc1O.[Fe+2].c1cc[cH-]c1. The van der Waals surface area contributed by atoms with Crippen LogP contribution in [0.25, 0.3) is 5.76 Å². The number of aromatic carboxylic acids is 1. The first-order chi connectivity index (χ1) is 13.4. The van der Waals surface area contributed by atoms with Crippen LogP contribution in [0.15, 0.2) is 84.5 Å².